The number of hydrogen-bond donors (Lipinski definition) is 0. The van der Waals surface area contributed by atoms with Gasteiger partial charge in [-0.05, 0) is 119 Å². The highest BCUT2D eigenvalue weighted by Crippen LogP contribution is 2.73. The Bertz CT molecular complexity index is 2900. The lowest BCUT2D eigenvalue weighted by atomic mass is 9.44. The van der Waals surface area contributed by atoms with Gasteiger partial charge < -0.3 is 4.57 Å². The molecule has 0 radical (unpaired) electrons. The third kappa shape index (κ3) is 4.17. The molecule has 0 N–H and O–H groups in total. The summed E-state index contributed by atoms with van der Waals surface area (Å²) in [5.41, 5.74) is 19.3. The van der Waals surface area contributed by atoms with Gasteiger partial charge in [0.1, 0.15) is 0 Å². The summed E-state index contributed by atoms with van der Waals surface area (Å²) >= 11 is 0. The minimum absolute atomic E-state index is 0.218. The van der Waals surface area contributed by atoms with Crippen molar-refractivity contribution in [2.75, 3.05) is 0 Å². The molecule has 5 atom stereocenters. The van der Waals surface area contributed by atoms with Crippen LogP contribution >= 0.6 is 0 Å². The Hall–Kier alpha value is -6.18. The lowest BCUT2D eigenvalue weighted by molar-refractivity contribution is 0.340. The average Bonchev–Trinajstić information content (AvgIpc) is 3.88. The number of rotatable bonds is 4. The second-order valence-corrected chi connectivity index (χ2v) is 17.2. The number of fused-ring (bicyclic) bond motifs is 15. The molecule has 0 bridgehead atoms. The average molecular weight is 746 g/mol. The van der Waals surface area contributed by atoms with Crippen LogP contribution in [-0.4, -0.2) is 4.57 Å². The van der Waals surface area contributed by atoms with Gasteiger partial charge in [-0.1, -0.05) is 164 Å². The van der Waals surface area contributed by atoms with Crippen LogP contribution in [0.25, 0.3) is 38.6 Å². The van der Waals surface area contributed by atoms with Gasteiger partial charge in [-0.3, -0.25) is 0 Å². The maximum Gasteiger partial charge on any atom is 0.0648 e. The molecule has 7 aliphatic carbocycles. The fourth-order valence-corrected chi connectivity index (χ4v) is 13.1. The van der Waals surface area contributed by atoms with Crippen LogP contribution in [0.4, 0.5) is 0 Å². The molecule has 4 unspecified atom stereocenters. The van der Waals surface area contributed by atoms with E-state index in [0.717, 1.165) is 32.1 Å². The molecule has 1 heterocycles. The fourth-order valence-electron chi connectivity index (χ4n) is 13.1. The smallest absolute Gasteiger partial charge is 0.0648 e. The molecule has 1 aromatic heterocycles. The van der Waals surface area contributed by atoms with Crippen LogP contribution in [0.15, 0.2) is 222 Å². The SMILES string of the molecule is C=CC1=C(/C=C\C)C2(C3=CC=CCC31)C1=CC=CCC1C1(C3=CC=CC[C@H]3C3=C1CCC=C3)c1cccc(-c3ccc(-n4c5ccccc5c5ccccc54)cc3)c12. The van der Waals surface area contributed by atoms with Crippen LogP contribution in [0.1, 0.15) is 50.2 Å². The van der Waals surface area contributed by atoms with Crippen LogP contribution in [0.2, 0.25) is 0 Å². The highest BCUT2D eigenvalue weighted by molar-refractivity contribution is 6.09. The Morgan fingerprint density at radius 3 is 2.12 bits per heavy atom. The van der Waals surface area contributed by atoms with E-state index in [4.69, 9.17) is 0 Å². The monoisotopic (exact) mass is 745 g/mol. The molecule has 7 aliphatic rings. The first kappa shape index (κ1) is 33.9. The Labute approximate surface area is 342 Å². The zero-order valence-corrected chi connectivity index (χ0v) is 33.2. The van der Waals surface area contributed by atoms with Crippen molar-refractivity contribution in [1.29, 1.82) is 0 Å². The van der Waals surface area contributed by atoms with E-state index in [1.54, 1.807) is 22.3 Å². The second kappa shape index (κ2) is 12.7. The lowest BCUT2D eigenvalue weighted by Crippen LogP contribution is -2.52. The van der Waals surface area contributed by atoms with E-state index < -0.39 is 5.41 Å². The zero-order chi connectivity index (χ0) is 38.6. The Kier molecular flexibility index (Phi) is 7.40. The highest BCUT2D eigenvalue weighted by atomic mass is 15.0. The molecule has 0 fully saturated rings. The van der Waals surface area contributed by atoms with Crippen LogP contribution in [0.5, 0.6) is 0 Å². The van der Waals surface area contributed by atoms with Gasteiger partial charge in [-0.25, -0.2) is 0 Å². The number of hydrogen-bond acceptors (Lipinski definition) is 0. The Balaban J connectivity index is 1.19. The highest BCUT2D eigenvalue weighted by Gasteiger charge is 2.66. The van der Waals surface area contributed by atoms with Crippen LogP contribution in [-0.2, 0) is 10.8 Å². The van der Waals surface area contributed by atoms with E-state index in [9.17, 15) is 0 Å². The first-order valence-electron chi connectivity index (χ1n) is 21.5. The first-order chi connectivity index (χ1) is 28.7. The number of allylic oxidation sites excluding steroid dienone is 21. The molecule has 58 heavy (non-hydrogen) atoms. The number of aromatic nitrogens is 1. The van der Waals surface area contributed by atoms with E-state index in [1.165, 1.54) is 66.5 Å². The van der Waals surface area contributed by atoms with Crippen LogP contribution in [0.3, 0.4) is 0 Å². The lowest BCUT2D eigenvalue weighted by Gasteiger charge is -2.57. The molecule has 4 aromatic carbocycles. The van der Waals surface area contributed by atoms with Gasteiger partial charge in [-0.2, -0.15) is 0 Å². The van der Waals surface area contributed by atoms with E-state index in [1.807, 2.05) is 0 Å². The molecule has 280 valence electrons. The number of nitrogens with zero attached hydrogens (tertiary/aromatic N) is 1. The summed E-state index contributed by atoms with van der Waals surface area (Å²) in [6.07, 6.45) is 39.1. The quantitative estimate of drug-likeness (QED) is 0.173. The van der Waals surface area contributed by atoms with Crippen molar-refractivity contribution in [3.05, 3.63) is 233 Å². The zero-order valence-electron chi connectivity index (χ0n) is 33.2. The number of para-hydroxylation sites is 2. The molecule has 1 nitrogen and oxygen atoms in total. The molecule has 12 rings (SSSR count). The second-order valence-electron chi connectivity index (χ2n) is 17.2. The molecular weight excluding hydrogens is 699 g/mol. The van der Waals surface area contributed by atoms with Crippen molar-refractivity contribution < 1.29 is 0 Å². The molecule has 0 saturated heterocycles. The first-order valence-corrected chi connectivity index (χ1v) is 21.5. The summed E-state index contributed by atoms with van der Waals surface area (Å²) < 4.78 is 2.44. The van der Waals surface area contributed by atoms with Crippen molar-refractivity contribution in [3.8, 4) is 16.8 Å². The van der Waals surface area contributed by atoms with Gasteiger partial charge >= 0.3 is 0 Å². The minimum Gasteiger partial charge on any atom is -0.309 e. The largest absolute Gasteiger partial charge is 0.309 e. The molecule has 0 aliphatic heterocycles. The van der Waals surface area contributed by atoms with Gasteiger partial charge in [0, 0.05) is 39.6 Å². The summed E-state index contributed by atoms with van der Waals surface area (Å²) in [4.78, 5) is 0. The Morgan fingerprint density at radius 2 is 1.38 bits per heavy atom. The summed E-state index contributed by atoms with van der Waals surface area (Å²) in [5, 5.41) is 2.58. The van der Waals surface area contributed by atoms with Gasteiger partial charge in [-0.15, -0.1) is 0 Å². The van der Waals surface area contributed by atoms with E-state index >= 15 is 0 Å². The van der Waals surface area contributed by atoms with Gasteiger partial charge in [0.15, 0.2) is 0 Å². The van der Waals surface area contributed by atoms with Gasteiger partial charge in [0.05, 0.1) is 16.4 Å². The van der Waals surface area contributed by atoms with Crippen molar-refractivity contribution in [1.82, 2.24) is 4.57 Å². The van der Waals surface area contributed by atoms with Gasteiger partial charge in [0.2, 0.25) is 0 Å². The third-order valence-electron chi connectivity index (χ3n) is 14.9. The summed E-state index contributed by atoms with van der Waals surface area (Å²) in [7, 11) is 0. The standard InChI is InChI=1S/C57H47N/c1-3-18-46-39(4-2)41-19-5-12-27-49(41)57(46)51-29-14-13-28-50(51)56(47-25-10-6-20-42(47)43-21-7-11-26-48(43)56)52-30-17-24-40(55(52)57)37-33-35-38(36-34-37)58-53-31-15-8-22-44(53)45-23-9-16-32-54(45)58/h3-10,12-18,21-25,27,29-36,41-42,50H,2,11,19-20,26,28H2,1H3/b18-3-/t41?,42-,50?,56?,57?/m0/s1. The molecule has 0 saturated carbocycles. The normalized spacial score (nSPS) is 27.6. The summed E-state index contributed by atoms with van der Waals surface area (Å²) in [6.45, 7) is 6.72. The van der Waals surface area contributed by atoms with Crippen molar-refractivity contribution in [2.45, 2.75) is 49.9 Å². The fraction of sp³-hybridized carbons (Fsp3) is 0.193. The summed E-state index contributed by atoms with van der Waals surface area (Å²) in [6, 6.07) is 34.5. The maximum absolute atomic E-state index is 4.53. The van der Waals surface area contributed by atoms with Crippen molar-refractivity contribution >= 4 is 21.8 Å². The minimum atomic E-state index is -0.433. The van der Waals surface area contributed by atoms with Gasteiger partial charge in [0.25, 0.3) is 0 Å². The molecule has 1 heteroatoms. The Morgan fingerprint density at radius 1 is 0.690 bits per heavy atom. The van der Waals surface area contributed by atoms with E-state index in [2.05, 4.69) is 194 Å². The van der Waals surface area contributed by atoms with Crippen LogP contribution in [0, 0.1) is 17.8 Å². The molecule has 2 spiro atoms. The molecule has 0 amide bonds. The topological polar surface area (TPSA) is 4.93 Å². The van der Waals surface area contributed by atoms with E-state index in [-0.39, 0.29) is 11.3 Å². The van der Waals surface area contributed by atoms with Crippen molar-refractivity contribution in [3.63, 3.8) is 0 Å². The maximum atomic E-state index is 4.53. The predicted octanol–water partition coefficient (Wildman–Crippen LogP) is 14.2. The molecular formula is C57H47N. The number of benzene rings is 4. The summed E-state index contributed by atoms with van der Waals surface area (Å²) in [5.74, 6) is 1.01. The molecule has 5 aromatic rings. The van der Waals surface area contributed by atoms with E-state index in [0.29, 0.717) is 11.8 Å². The van der Waals surface area contributed by atoms with Crippen molar-refractivity contribution in [2.24, 2.45) is 17.8 Å². The third-order valence-corrected chi connectivity index (χ3v) is 14.9. The predicted molar refractivity (Wildman–Crippen MR) is 243 cm³/mol. The van der Waals surface area contributed by atoms with Crippen LogP contribution < -0.4 is 0 Å².